The Morgan fingerprint density at radius 1 is 1.35 bits per heavy atom. The Labute approximate surface area is 153 Å². The van der Waals surface area contributed by atoms with Gasteiger partial charge in [0, 0.05) is 55.4 Å². The summed E-state index contributed by atoms with van der Waals surface area (Å²) >= 11 is 0. The smallest absolute Gasteiger partial charge is 0.151 e. The van der Waals surface area contributed by atoms with Gasteiger partial charge in [-0.1, -0.05) is 13.0 Å². The van der Waals surface area contributed by atoms with Crippen LogP contribution in [-0.4, -0.2) is 34.8 Å². The first-order valence-corrected chi connectivity index (χ1v) is 8.65. The summed E-state index contributed by atoms with van der Waals surface area (Å²) in [5.41, 5.74) is 15.2. The highest BCUT2D eigenvalue weighted by Gasteiger charge is 2.23. The van der Waals surface area contributed by atoms with E-state index < -0.39 is 0 Å². The topological polar surface area (TPSA) is 121 Å². The van der Waals surface area contributed by atoms with Crippen molar-refractivity contribution in [3.8, 4) is 0 Å². The molecule has 2 aromatic rings. The fourth-order valence-corrected chi connectivity index (χ4v) is 3.30. The van der Waals surface area contributed by atoms with Crippen LogP contribution in [0.15, 0.2) is 30.5 Å². The number of rotatable bonds is 5. The van der Waals surface area contributed by atoms with E-state index >= 15 is 0 Å². The quantitative estimate of drug-likeness (QED) is 0.487. The lowest BCUT2D eigenvalue weighted by Gasteiger charge is -2.13. The molecule has 3 rings (SSSR count). The van der Waals surface area contributed by atoms with Crippen LogP contribution in [0, 0.1) is 16.7 Å². The summed E-state index contributed by atoms with van der Waals surface area (Å²) < 4.78 is 1.73. The molecule has 1 atom stereocenters. The van der Waals surface area contributed by atoms with Crippen LogP contribution in [0.25, 0.3) is 5.57 Å². The van der Waals surface area contributed by atoms with Gasteiger partial charge in [0.2, 0.25) is 0 Å². The second kappa shape index (κ2) is 7.03. The molecular weight excluding hydrogens is 326 g/mol. The number of nitrogens with one attached hydrogen (secondary N) is 2. The monoisotopic (exact) mass is 351 g/mol. The summed E-state index contributed by atoms with van der Waals surface area (Å²) in [6.07, 6.45) is 3.73. The molecule has 1 aromatic carbocycles. The first-order valence-electron chi connectivity index (χ1n) is 8.65. The molecule has 1 aliphatic rings. The van der Waals surface area contributed by atoms with Crippen molar-refractivity contribution < 1.29 is 0 Å². The van der Waals surface area contributed by atoms with Crippen LogP contribution >= 0.6 is 0 Å². The first kappa shape index (κ1) is 17.7. The minimum Gasteiger partial charge on any atom is -0.404 e. The molecule has 26 heavy (non-hydrogen) atoms. The Morgan fingerprint density at radius 3 is 2.73 bits per heavy atom. The first-order chi connectivity index (χ1) is 12.4. The van der Waals surface area contributed by atoms with Crippen LogP contribution < -0.4 is 16.4 Å². The van der Waals surface area contributed by atoms with Crippen molar-refractivity contribution in [2.45, 2.75) is 13.3 Å². The van der Waals surface area contributed by atoms with Gasteiger partial charge >= 0.3 is 0 Å². The van der Waals surface area contributed by atoms with Gasteiger partial charge in [0.15, 0.2) is 5.82 Å². The van der Waals surface area contributed by atoms with E-state index in [-0.39, 0.29) is 0 Å². The van der Waals surface area contributed by atoms with Gasteiger partial charge in [-0.3, -0.25) is 10.1 Å². The van der Waals surface area contributed by atoms with Gasteiger partial charge in [-0.15, -0.1) is 0 Å². The molecule has 0 radical (unpaired) electrons. The predicted octanol–water partition coefficient (Wildman–Crippen LogP) is 2.21. The summed E-state index contributed by atoms with van der Waals surface area (Å²) in [4.78, 5) is 2.26. The molecule has 0 unspecified atom stereocenters. The molecule has 1 aliphatic heterocycles. The van der Waals surface area contributed by atoms with Crippen LogP contribution in [0.3, 0.4) is 0 Å². The van der Waals surface area contributed by atoms with Gasteiger partial charge in [0.1, 0.15) is 0 Å². The third-order valence-electron chi connectivity index (χ3n) is 4.86. The Kier molecular flexibility index (Phi) is 4.79. The fourth-order valence-electron chi connectivity index (χ4n) is 3.30. The zero-order chi connectivity index (χ0) is 18.8. The molecule has 0 amide bonds. The van der Waals surface area contributed by atoms with E-state index in [4.69, 9.17) is 22.3 Å². The van der Waals surface area contributed by atoms with Crippen LogP contribution in [0.1, 0.15) is 30.2 Å². The minimum atomic E-state index is 0.305. The number of nitrogens with two attached hydrogens (primary N) is 2. The molecule has 0 bridgehead atoms. The van der Waals surface area contributed by atoms with Crippen LogP contribution in [0.5, 0.6) is 0 Å². The number of benzene rings is 1. The number of allylic oxidation sites excluding steroid dienone is 1. The Balaban J connectivity index is 1.96. The summed E-state index contributed by atoms with van der Waals surface area (Å²) in [5.74, 6) is 1.56. The second-order valence-electron chi connectivity index (χ2n) is 6.79. The summed E-state index contributed by atoms with van der Waals surface area (Å²) in [5, 5.41) is 20.7. The lowest BCUT2D eigenvalue weighted by atomic mass is 9.99. The van der Waals surface area contributed by atoms with E-state index in [1.165, 1.54) is 12.4 Å². The molecule has 7 heteroatoms. The second-order valence-corrected chi connectivity index (χ2v) is 6.79. The third-order valence-corrected chi connectivity index (χ3v) is 4.86. The molecule has 1 saturated heterocycles. The number of aromatic nitrogens is 2. The molecule has 0 saturated carbocycles. The van der Waals surface area contributed by atoms with Gasteiger partial charge in [0.05, 0.1) is 11.4 Å². The molecule has 136 valence electrons. The molecule has 1 aromatic heterocycles. The van der Waals surface area contributed by atoms with Crippen molar-refractivity contribution in [2.24, 2.45) is 18.7 Å². The molecule has 0 aliphatic carbocycles. The Morgan fingerprint density at radius 2 is 2.12 bits per heavy atom. The van der Waals surface area contributed by atoms with Gasteiger partial charge in [-0.25, -0.2) is 0 Å². The number of anilines is 2. The maximum absolute atomic E-state index is 8.66. The van der Waals surface area contributed by atoms with Crippen molar-refractivity contribution in [3.63, 3.8) is 0 Å². The van der Waals surface area contributed by atoms with Crippen molar-refractivity contribution in [2.75, 3.05) is 23.7 Å². The molecule has 1 fully saturated rings. The van der Waals surface area contributed by atoms with E-state index in [1.807, 2.05) is 13.1 Å². The predicted molar refractivity (Wildman–Crippen MR) is 107 cm³/mol. The summed E-state index contributed by atoms with van der Waals surface area (Å²) in [7, 11) is 1.84. The summed E-state index contributed by atoms with van der Waals surface area (Å²) in [6, 6.07) is 7.29. The summed E-state index contributed by atoms with van der Waals surface area (Å²) in [6.45, 7) is 4.22. The number of nitrogens with zero attached hydrogens (tertiary/aromatic N) is 3. The lowest BCUT2D eigenvalue weighted by molar-refractivity contribution is 0.657. The van der Waals surface area contributed by atoms with Gasteiger partial charge in [-0.05, 0) is 30.0 Å². The van der Waals surface area contributed by atoms with Gasteiger partial charge < -0.3 is 21.8 Å². The van der Waals surface area contributed by atoms with Gasteiger partial charge in [-0.2, -0.15) is 5.10 Å². The SMILES string of the molecule is C[C@@H]1CCN(c2cc(C(=N)c3cc(/C(C=N)=C/N)ccc3N)n(C)n2)C1. The molecule has 6 N–H and O–H groups in total. The van der Waals surface area contributed by atoms with Gasteiger partial charge in [0.25, 0.3) is 0 Å². The number of aryl methyl sites for hydroxylation is 1. The third kappa shape index (κ3) is 3.20. The van der Waals surface area contributed by atoms with Crippen LogP contribution in [0.4, 0.5) is 11.5 Å². The van der Waals surface area contributed by atoms with Crippen LogP contribution in [0.2, 0.25) is 0 Å². The maximum Gasteiger partial charge on any atom is 0.151 e. The Bertz CT molecular complexity index is 878. The highest BCUT2D eigenvalue weighted by Crippen LogP contribution is 2.26. The van der Waals surface area contributed by atoms with E-state index in [1.54, 1.807) is 22.9 Å². The Hall–Kier alpha value is -3.09. The molecule has 2 heterocycles. The van der Waals surface area contributed by atoms with E-state index in [2.05, 4.69) is 16.9 Å². The molecular formula is C19H25N7. The normalized spacial score (nSPS) is 17.5. The largest absolute Gasteiger partial charge is 0.404 e. The standard InChI is InChI=1S/C19H25N7/c1-12-5-6-26(11-12)18-8-17(25(2)24-18)19(23)15-7-13(3-4-16(15)22)14(9-20)10-21/h3-4,7-10,12,20,23H,5-6,11,21-22H2,1-2H3/b14-10+,20-9?,23-19?/t12-/m1/s1. The highest BCUT2D eigenvalue weighted by molar-refractivity contribution is 6.15. The maximum atomic E-state index is 8.66. The van der Waals surface area contributed by atoms with Crippen molar-refractivity contribution in [1.82, 2.24) is 9.78 Å². The average molecular weight is 351 g/mol. The van der Waals surface area contributed by atoms with Crippen molar-refractivity contribution >= 4 is 29.0 Å². The van der Waals surface area contributed by atoms with E-state index in [9.17, 15) is 0 Å². The zero-order valence-corrected chi connectivity index (χ0v) is 15.2. The van der Waals surface area contributed by atoms with Crippen molar-refractivity contribution in [1.29, 1.82) is 10.8 Å². The highest BCUT2D eigenvalue weighted by atomic mass is 15.3. The van der Waals surface area contributed by atoms with Crippen molar-refractivity contribution in [3.05, 3.63) is 47.3 Å². The number of nitrogen functional groups attached to an aromatic ring is 1. The van der Waals surface area contributed by atoms with Crippen LogP contribution in [-0.2, 0) is 7.05 Å². The zero-order valence-electron chi connectivity index (χ0n) is 15.2. The number of hydrogen-bond donors (Lipinski definition) is 4. The van der Waals surface area contributed by atoms with E-state index in [0.717, 1.165) is 30.9 Å². The average Bonchev–Trinajstić information content (AvgIpc) is 3.22. The molecule has 0 spiro atoms. The fraction of sp³-hybridized carbons (Fsp3) is 0.316. The molecule has 7 nitrogen and oxygen atoms in total. The minimum absolute atomic E-state index is 0.305. The number of hydrogen-bond acceptors (Lipinski definition) is 6. The van der Waals surface area contributed by atoms with E-state index in [0.29, 0.717) is 34.1 Å². The lowest BCUT2D eigenvalue weighted by Crippen LogP contribution is -2.19.